The van der Waals surface area contributed by atoms with Crippen molar-refractivity contribution >= 4 is 16.7 Å². The Balaban J connectivity index is 0.00000117. The van der Waals surface area contributed by atoms with E-state index in [0.29, 0.717) is 5.41 Å². The molecule has 0 amide bonds. The van der Waals surface area contributed by atoms with Gasteiger partial charge in [0.1, 0.15) is 0 Å². The number of H-pyrrole nitrogens is 1. The van der Waals surface area contributed by atoms with E-state index in [2.05, 4.69) is 50.6 Å². The first-order valence-corrected chi connectivity index (χ1v) is 10.3. The van der Waals surface area contributed by atoms with Gasteiger partial charge in [0.25, 0.3) is 0 Å². The van der Waals surface area contributed by atoms with Crippen molar-refractivity contribution in [1.82, 2.24) is 15.3 Å². The molecular formula is C23H37N3. The first-order valence-electron chi connectivity index (χ1n) is 10.3. The van der Waals surface area contributed by atoms with Gasteiger partial charge in [-0.3, -0.25) is 4.98 Å². The molecule has 2 aromatic rings. The lowest BCUT2D eigenvalue weighted by Gasteiger charge is -2.34. The smallest absolute Gasteiger partial charge is 0.0975 e. The number of aromatic amines is 1. The molecule has 1 unspecified atom stereocenters. The number of hydrogen-bond acceptors (Lipinski definition) is 2. The van der Waals surface area contributed by atoms with Gasteiger partial charge in [-0.05, 0) is 48.6 Å². The van der Waals surface area contributed by atoms with Gasteiger partial charge in [0.15, 0.2) is 0 Å². The summed E-state index contributed by atoms with van der Waals surface area (Å²) < 4.78 is 0. The third kappa shape index (κ3) is 4.49. The maximum absolute atomic E-state index is 5.01. The molecule has 0 fully saturated rings. The number of nitrogens with one attached hydrogen (secondary N) is 2. The molecule has 0 saturated carbocycles. The molecule has 0 aromatic carbocycles. The van der Waals surface area contributed by atoms with Gasteiger partial charge in [0.05, 0.1) is 11.0 Å². The van der Waals surface area contributed by atoms with Crippen molar-refractivity contribution in [3.05, 3.63) is 35.7 Å². The van der Waals surface area contributed by atoms with Crippen LogP contribution in [0.15, 0.2) is 18.8 Å². The number of aromatic nitrogens is 2. The van der Waals surface area contributed by atoms with Gasteiger partial charge < -0.3 is 10.3 Å². The molecule has 0 spiro atoms. The fourth-order valence-corrected chi connectivity index (χ4v) is 3.68. The molecule has 26 heavy (non-hydrogen) atoms. The minimum absolute atomic E-state index is 0.366. The van der Waals surface area contributed by atoms with E-state index in [1.807, 2.05) is 20.0 Å². The Hall–Kier alpha value is -1.77. The van der Waals surface area contributed by atoms with Gasteiger partial charge in [0.2, 0.25) is 0 Å². The van der Waals surface area contributed by atoms with Crippen LogP contribution in [0.2, 0.25) is 0 Å². The molecule has 3 rings (SSSR count). The molecule has 1 atom stereocenters. The van der Waals surface area contributed by atoms with Crippen LogP contribution in [0.1, 0.15) is 77.6 Å². The predicted octanol–water partition coefficient (Wildman–Crippen LogP) is 6.10. The monoisotopic (exact) mass is 355 g/mol. The van der Waals surface area contributed by atoms with Gasteiger partial charge in [-0.1, -0.05) is 54.5 Å². The number of fused-ring (bicyclic) bond motifs is 2. The molecule has 0 bridgehead atoms. The zero-order valence-corrected chi connectivity index (χ0v) is 17.6. The molecule has 0 aliphatic heterocycles. The highest BCUT2D eigenvalue weighted by molar-refractivity contribution is 5.89. The minimum atomic E-state index is 0.366. The van der Waals surface area contributed by atoms with Gasteiger partial charge >= 0.3 is 0 Å². The molecule has 1 aliphatic rings. The highest BCUT2D eigenvalue weighted by Crippen LogP contribution is 2.38. The van der Waals surface area contributed by atoms with Crippen molar-refractivity contribution < 1.29 is 0 Å². The molecule has 3 nitrogen and oxygen atoms in total. The summed E-state index contributed by atoms with van der Waals surface area (Å²) in [6.07, 6.45) is 7.88. The summed E-state index contributed by atoms with van der Waals surface area (Å²) in [4.78, 5) is 8.41. The average molecular weight is 356 g/mol. The van der Waals surface area contributed by atoms with Crippen molar-refractivity contribution in [2.24, 2.45) is 11.3 Å². The Morgan fingerprint density at radius 1 is 1.35 bits per heavy atom. The molecule has 144 valence electrons. The predicted molar refractivity (Wildman–Crippen MR) is 114 cm³/mol. The van der Waals surface area contributed by atoms with E-state index in [0.717, 1.165) is 47.6 Å². The number of nitrogens with zero attached hydrogens (tertiary/aromatic N) is 1. The summed E-state index contributed by atoms with van der Waals surface area (Å²) in [6, 6.07) is 2.32. The molecule has 2 heterocycles. The van der Waals surface area contributed by atoms with Gasteiger partial charge in [-0.15, -0.1) is 0 Å². The summed E-state index contributed by atoms with van der Waals surface area (Å²) in [6.45, 7) is 18.4. The Kier molecular flexibility index (Phi) is 6.91. The maximum Gasteiger partial charge on any atom is 0.0975 e. The van der Waals surface area contributed by atoms with Crippen molar-refractivity contribution in [2.75, 3.05) is 6.54 Å². The normalized spacial score (nSPS) is 16.6. The Morgan fingerprint density at radius 3 is 2.73 bits per heavy atom. The van der Waals surface area contributed by atoms with E-state index in [4.69, 9.17) is 4.98 Å². The van der Waals surface area contributed by atoms with E-state index in [1.165, 1.54) is 30.5 Å². The zero-order chi connectivity index (χ0) is 19.3. The van der Waals surface area contributed by atoms with Crippen LogP contribution in [0.25, 0.3) is 16.7 Å². The lowest BCUT2D eigenvalue weighted by Crippen LogP contribution is -2.27. The first-order chi connectivity index (χ1) is 12.4. The molecular weight excluding hydrogens is 318 g/mol. The van der Waals surface area contributed by atoms with Gasteiger partial charge in [-0.2, -0.15) is 0 Å². The van der Waals surface area contributed by atoms with Crippen LogP contribution in [0.4, 0.5) is 0 Å². The zero-order valence-electron chi connectivity index (χ0n) is 17.6. The third-order valence-corrected chi connectivity index (χ3v) is 5.43. The molecule has 0 saturated heterocycles. The van der Waals surface area contributed by atoms with E-state index >= 15 is 0 Å². The van der Waals surface area contributed by atoms with Crippen LogP contribution in [0.3, 0.4) is 0 Å². The molecule has 0 radical (unpaired) electrons. The van der Waals surface area contributed by atoms with E-state index in [9.17, 15) is 0 Å². The maximum atomic E-state index is 5.01. The number of rotatable bonds is 5. The second kappa shape index (κ2) is 8.75. The van der Waals surface area contributed by atoms with Crippen LogP contribution in [-0.4, -0.2) is 16.5 Å². The van der Waals surface area contributed by atoms with E-state index < -0.39 is 0 Å². The average Bonchev–Trinajstić information content (AvgIpc) is 3.03. The van der Waals surface area contributed by atoms with Crippen molar-refractivity contribution in [3.8, 4) is 0 Å². The molecule has 1 aliphatic carbocycles. The Morgan fingerprint density at radius 2 is 2.08 bits per heavy atom. The fraction of sp³-hybridized carbons (Fsp3) is 0.609. The summed E-state index contributed by atoms with van der Waals surface area (Å²) in [5, 5.41) is 3.43. The Labute approximate surface area is 159 Å². The standard InChI is InChI=1S/C21H31N3.C2H6/c1-6-7-10-22-14(2)17-13-23-19-12-15-11-16(21(3,4)5)8-9-18(15)24-20(17)19;1-2/h12-13,16,22-23H,2,6-11H2,1,3-5H3;1-2H3. The minimum Gasteiger partial charge on any atom is -0.385 e. The van der Waals surface area contributed by atoms with Crippen LogP contribution in [0, 0.1) is 11.3 Å². The summed E-state index contributed by atoms with van der Waals surface area (Å²) >= 11 is 0. The highest BCUT2D eigenvalue weighted by atomic mass is 14.9. The number of hydrogen-bond donors (Lipinski definition) is 2. The van der Waals surface area contributed by atoms with Crippen molar-refractivity contribution in [2.45, 2.75) is 73.6 Å². The molecule has 2 N–H and O–H groups in total. The van der Waals surface area contributed by atoms with Crippen LogP contribution in [0.5, 0.6) is 0 Å². The fourth-order valence-electron chi connectivity index (χ4n) is 3.68. The summed E-state index contributed by atoms with van der Waals surface area (Å²) in [7, 11) is 0. The van der Waals surface area contributed by atoms with Crippen LogP contribution >= 0.6 is 0 Å². The van der Waals surface area contributed by atoms with Gasteiger partial charge in [-0.25, -0.2) is 0 Å². The van der Waals surface area contributed by atoms with Crippen molar-refractivity contribution in [1.29, 1.82) is 0 Å². The number of pyridine rings is 1. The highest BCUT2D eigenvalue weighted by Gasteiger charge is 2.29. The lowest BCUT2D eigenvalue weighted by molar-refractivity contribution is 0.215. The Bertz CT molecular complexity index is 734. The largest absolute Gasteiger partial charge is 0.385 e. The molecule has 3 heteroatoms. The summed E-state index contributed by atoms with van der Waals surface area (Å²) in [5.41, 5.74) is 7.36. The van der Waals surface area contributed by atoms with Crippen LogP contribution < -0.4 is 5.32 Å². The number of aryl methyl sites for hydroxylation is 1. The molecule has 2 aromatic heterocycles. The third-order valence-electron chi connectivity index (χ3n) is 5.43. The number of unbranched alkanes of at least 4 members (excludes halogenated alkanes) is 1. The first kappa shape index (κ1) is 20.5. The second-order valence-electron chi connectivity index (χ2n) is 8.26. The van der Waals surface area contributed by atoms with E-state index in [1.54, 1.807) is 0 Å². The topological polar surface area (TPSA) is 40.7 Å². The lowest BCUT2D eigenvalue weighted by atomic mass is 9.71. The van der Waals surface area contributed by atoms with Crippen molar-refractivity contribution in [3.63, 3.8) is 0 Å². The van der Waals surface area contributed by atoms with Crippen LogP contribution in [-0.2, 0) is 12.8 Å². The second-order valence-corrected chi connectivity index (χ2v) is 8.26. The summed E-state index contributed by atoms with van der Waals surface area (Å²) in [5.74, 6) is 0.740. The SMILES string of the molecule is C=C(NCCCC)c1c[nH]c2cc3c(nc12)CCC(C(C)(C)C)C3.CC. The van der Waals surface area contributed by atoms with E-state index in [-0.39, 0.29) is 0 Å². The van der Waals surface area contributed by atoms with Gasteiger partial charge in [0, 0.05) is 29.7 Å². The quantitative estimate of drug-likeness (QED) is 0.636.